The lowest BCUT2D eigenvalue weighted by Gasteiger charge is -2.12. The van der Waals surface area contributed by atoms with Crippen LogP contribution in [0.2, 0.25) is 0 Å². The number of primary amides is 1. The molecule has 4 N–H and O–H groups in total. The number of carbonyl (C=O) groups is 1. The van der Waals surface area contributed by atoms with Gasteiger partial charge in [-0.25, -0.2) is 9.07 Å². The molecule has 0 saturated heterocycles. The van der Waals surface area contributed by atoms with Crippen LogP contribution in [-0.2, 0) is 0 Å². The second-order valence-electron chi connectivity index (χ2n) is 4.03. The number of halogens is 1. The number of aromatic nitrogens is 2. The Morgan fingerprint density at radius 2 is 2.22 bits per heavy atom. The predicted molar refractivity (Wildman–Crippen MR) is 64.6 cm³/mol. The first-order valence-corrected chi connectivity index (χ1v) is 5.39. The van der Waals surface area contributed by atoms with E-state index in [0.717, 1.165) is 0 Å². The molecule has 0 aliphatic heterocycles. The van der Waals surface area contributed by atoms with E-state index in [1.165, 1.54) is 29.2 Å². The standard InChI is InChI=1S/C12H13FN4O/c1-7(14)10-4-9(13)2-3-11(10)17-6-8(5-16-17)12(15)18/h2-7H,14H2,1H3,(H2,15,18)/t7-/m0/s1. The zero-order valence-electron chi connectivity index (χ0n) is 9.80. The van der Waals surface area contributed by atoms with E-state index in [1.807, 2.05) is 0 Å². The van der Waals surface area contributed by atoms with Crippen molar-refractivity contribution in [1.82, 2.24) is 9.78 Å². The SMILES string of the molecule is C[C@H](N)c1cc(F)ccc1-n1cc(C(N)=O)cn1. The van der Waals surface area contributed by atoms with E-state index < -0.39 is 5.91 Å². The van der Waals surface area contributed by atoms with Crippen LogP contribution in [0.25, 0.3) is 5.69 Å². The van der Waals surface area contributed by atoms with Gasteiger partial charge in [-0.1, -0.05) is 0 Å². The molecule has 6 heteroatoms. The Balaban J connectivity index is 2.52. The van der Waals surface area contributed by atoms with E-state index in [9.17, 15) is 9.18 Å². The molecule has 0 spiro atoms. The van der Waals surface area contributed by atoms with Crippen molar-refractivity contribution in [2.24, 2.45) is 11.5 Å². The molecule has 2 rings (SSSR count). The minimum Gasteiger partial charge on any atom is -0.366 e. The number of amides is 1. The third kappa shape index (κ3) is 2.23. The van der Waals surface area contributed by atoms with Gasteiger partial charge in [-0.15, -0.1) is 0 Å². The Bertz CT molecular complexity index is 592. The molecule has 1 heterocycles. The molecule has 1 atom stereocenters. The van der Waals surface area contributed by atoms with Gasteiger partial charge in [0.1, 0.15) is 5.82 Å². The fourth-order valence-corrected chi connectivity index (χ4v) is 1.68. The van der Waals surface area contributed by atoms with E-state index in [-0.39, 0.29) is 17.4 Å². The summed E-state index contributed by atoms with van der Waals surface area (Å²) in [7, 11) is 0. The first-order chi connectivity index (χ1) is 8.49. The molecule has 1 aromatic heterocycles. The second-order valence-corrected chi connectivity index (χ2v) is 4.03. The fourth-order valence-electron chi connectivity index (χ4n) is 1.68. The largest absolute Gasteiger partial charge is 0.366 e. The molecule has 0 fully saturated rings. The van der Waals surface area contributed by atoms with Crippen molar-refractivity contribution in [2.75, 3.05) is 0 Å². The van der Waals surface area contributed by atoms with Crippen molar-refractivity contribution in [2.45, 2.75) is 13.0 Å². The molecule has 0 aliphatic rings. The molecule has 0 radical (unpaired) electrons. The van der Waals surface area contributed by atoms with Crippen molar-refractivity contribution in [3.8, 4) is 5.69 Å². The molecule has 5 nitrogen and oxygen atoms in total. The molecule has 1 aromatic carbocycles. The van der Waals surface area contributed by atoms with E-state index in [2.05, 4.69) is 5.10 Å². The topological polar surface area (TPSA) is 86.9 Å². The predicted octanol–water partition coefficient (Wildman–Crippen LogP) is 1.13. The lowest BCUT2D eigenvalue weighted by atomic mass is 10.1. The van der Waals surface area contributed by atoms with Gasteiger partial charge in [0.25, 0.3) is 5.91 Å². The summed E-state index contributed by atoms with van der Waals surface area (Å²) in [6.45, 7) is 1.75. The summed E-state index contributed by atoms with van der Waals surface area (Å²) in [5, 5.41) is 4.02. The highest BCUT2D eigenvalue weighted by atomic mass is 19.1. The van der Waals surface area contributed by atoms with Crippen LogP contribution in [0.3, 0.4) is 0 Å². The van der Waals surface area contributed by atoms with Gasteiger partial charge in [0, 0.05) is 12.2 Å². The summed E-state index contributed by atoms with van der Waals surface area (Å²) in [4.78, 5) is 11.0. The molecular weight excluding hydrogens is 235 g/mol. The summed E-state index contributed by atoms with van der Waals surface area (Å²) in [6.07, 6.45) is 2.85. The maximum Gasteiger partial charge on any atom is 0.251 e. The third-order valence-corrected chi connectivity index (χ3v) is 2.59. The van der Waals surface area contributed by atoms with Gasteiger partial charge in [0.05, 0.1) is 17.4 Å². The van der Waals surface area contributed by atoms with Gasteiger partial charge in [-0.3, -0.25) is 4.79 Å². The van der Waals surface area contributed by atoms with E-state index >= 15 is 0 Å². The highest BCUT2D eigenvalue weighted by Crippen LogP contribution is 2.21. The maximum absolute atomic E-state index is 13.2. The molecule has 0 aliphatic carbocycles. The van der Waals surface area contributed by atoms with Crippen LogP contribution in [0.1, 0.15) is 28.9 Å². The molecular formula is C12H13FN4O. The summed E-state index contributed by atoms with van der Waals surface area (Å²) in [5.41, 5.74) is 12.5. The average molecular weight is 248 g/mol. The minimum atomic E-state index is -0.564. The second kappa shape index (κ2) is 4.58. The lowest BCUT2D eigenvalue weighted by Crippen LogP contribution is -2.11. The number of nitrogens with two attached hydrogens (primary N) is 2. The molecule has 0 bridgehead atoms. The van der Waals surface area contributed by atoms with Gasteiger partial charge in [0.15, 0.2) is 0 Å². The van der Waals surface area contributed by atoms with Gasteiger partial charge >= 0.3 is 0 Å². The number of benzene rings is 1. The van der Waals surface area contributed by atoms with Crippen LogP contribution in [0, 0.1) is 5.82 Å². The summed E-state index contributed by atoms with van der Waals surface area (Å²) < 4.78 is 14.7. The molecule has 0 saturated carbocycles. The van der Waals surface area contributed by atoms with Gasteiger partial charge in [-0.2, -0.15) is 5.10 Å². The van der Waals surface area contributed by atoms with Crippen LogP contribution >= 0.6 is 0 Å². The van der Waals surface area contributed by atoms with Crippen LogP contribution < -0.4 is 11.5 Å². The summed E-state index contributed by atoms with van der Waals surface area (Å²) >= 11 is 0. The number of hydrogen-bond acceptors (Lipinski definition) is 3. The highest BCUT2D eigenvalue weighted by Gasteiger charge is 2.12. The van der Waals surface area contributed by atoms with Crippen LogP contribution in [0.4, 0.5) is 4.39 Å². The fraction of sp³-hybridized carbons (Fsp3) is 0.167. The molecule has 2 aromatic rings. The van der Waals surface area contributed by atoms with Crippen molar-refractivity contribution >= 4 is 5.91 Å². The number of nitrogens with zero attached hydrogens (tertiary/aromatic N) is 2. The molecule has 0 unspecified atom stereocenters. The number of hydrogen-bond donors (Lipinski definition) is 2. The van der Waals surface area contributed by atoms with Crippen molar-refractivity contribution in [3.05, 3.63) is 47.5 Å². The quantitative estimate of drug-likeness (QED) is 0.853. The molecule has 94 valence electrons. The summed E-state index contributed by atoms with van der Waals surface area (Å²) in [6, 6.07) is 3.88. The Labute approximate surface area is 103 Å². The first kappa shape index (κ1) is 12.3. The van der Waals surface area contributed by atoms with E-state index in [0.29, 0.717) is 11.3 Å². The normalized spacial score (nSPS) is 12.4. The monoisotopic (exact) mass is 248 g/mol. The minimum absolute atomic E-state index is 0.287. The first-order valence-electron chi connectivity index (χ1n) is 5.39. The van der Waals surface area contributed by atoms with Gasteiger partial charge < -0.3 is 11.5 Å². The Morgan fingerprint density at radius 3 is 2.78 bits per heavy atom. The highest BCUT2D eigenvalue weighted by molar-refractivity contribution is 5.92. The Hall–Kier alpha value is -2.21. The Morgan fingerprint density at radius 1 is 1.50 bits per heavy atom. The van der Waals surface area contributed by atoms with Crippen LogP contribution in [0.5, 0.6) is 0 Å². The van der Waals surface area contributed by atoms with Crippen LogP contribution in [-0.4, -0.2) is 15.7 Å². The van der Waals surface area contributed by atoms with Gasteiger partial charge in [-0.05, 0) is 30.7 Å². The zero-order valence-corrected chi connectivity index (χ0v) is 9.80. The Kier molecular flexibility index (Phi) is 3.12. The lowest BCUT2D eigenvalue weighted by molar-refractivity contribution is 0.100. The van der Waals surface area contributed by atoms with Crippen molar-refractivity contribution in [1.29, 1.82) is 0 Å². The average Bonchev–Trinajstić information content (AvgIpc) is 2.78. The van der Waals surface area contributed by atoms with Crippen LogP contribution in [0.15, 0.2) is 30.6 Å². The smallest absolute Gasteiger partial charge is 0.251 e. The molecule has 18 heavy (non-hydrogen) atoms. The zero-order chi connectivity index (χ0) is 13.3. The summed E-state index contributed by atoms with van der Waals surface area (Å²) in [5.74, 6) is -0.931. The van der Waals surface area contributed by atoms with Crippen molar-refractivity contribution < 1.29 is 9.18 Å². The number of carbonyl (C=O) groups excluding carboxylic acids is 1. The van der Waals surface area contributed by atoms with E-state index in [4.69, 9.17) is 11.5 Å². The molecule has 1 amide bonds. The third-order valence-electron chi connectivity index (χ3n) is 2.59. The van der Waals surface area contributed by atoms with E-state index in [1.54, 1.807) is 13.0 Å². The van der Waals surface area contributed by atoms with Crippen molar-refractivity contribution in [3.63, 3.8) is 0 Å². The maximum atomic E-state index is 13.2. The number of rotatable bonds is 3. The van der Waals surface area contributed by atoms with Gasteiger partial charge in [0.2, 0.25) is 0 Å².